The van der Waals surface area contributed by atoms with Gasteiger partial charge in [0.1, 0.15) is 12.7 Å². The van der Waals surface area contributed by atoms with Crippen LogP contribution in [0.15, 0.2) is 48.5 Å². The number of rotatable bonds is 6. The summed E-state index contributed by atoms with van der Waals surface area (Å²) in [7, 11) is 1.32. The number of aliphatic carboxylic acids is 1. The number of fused-ring (bicyclic) bond motifs is 3. The molecule has 0 unspecified atom stereocenters. The molecule has 2 aromatic rings. The highest BCUT2D eigenvalue weighted by atomic mass is 16.6. The quantitative estimate of drug-likeness (QED) is 0.752. The minimum Gasteiger partial charge on any atom is -0.480 e. The molecule has 0 fully saturated rings. The zero-order valence-electron chi connectivity index (χ0n) is 16.5. The molecule has 0 saturated carbocycles. The highest BCUT2D eigenvalue weighted by Gasteiger charge is 2.36. The number of carbonyl (C=O) groups excluding carboxylic acids is 2. The number of hydrogen-bond donors (Lipinski definition) is 1. The fourth-order valence-electron chi connectivity index (χ4n) is 3.82. The second-order valence-corrected chi connectivity index (χ2v) is 7.01. The molecule has 1 aliphatic carbocycles. The Hall–Kier alpha value is -3.35. The molecule has 0 saturated heterocycles. The molecule has 7 heteroatoms. The maximum absolute atomic E-state index is 12.6. The van der Waals surface area contributed by atoms with Gasteiger partial charge in [0.15, 0.2) is 6.04 Å². The molecule has 1 amide bonds. The molecule has 29 heavy (non-hydrogen) atoms. The Morgan fingerprint density at radius 1 is 1.03 bits per heavy atom. The smallest absolute Gasteiger partial charge is 0.410 e. The van der Waals surface area contributed by atoms with Crippen molar-refractivity contribution in [3.05, 3.63) is 59.7 Å². The molecular formula is C22H23NO6. The maximum atomic E-state index is 12.6. The first-order valence-corrected chi connectivity index (χ1v) is 9.29. The van der Waals surface area contributed by atoms with Crippen LogP contribution in [0.2, 0.25) is 0 Å². The predicted molar refractivity (Wildman–Crippen MR) is 105 cm³/mol. The van der Waals surface area contributed by atoms with Crippen LogP contribution in [0.25, 0.3) is 11.1 Å². The van der Waals surface area contributed by atoms with E-state index in [1.54, 1.807) is 0 Å². The van der Waals surface area contributed by atoms with Crippen molar-refractivity contribution < 1.29 is 29.0 Å². The Morgan fingerprint density at radius 2 is 1.55 bits per heavy atom. The largest absolute Gasteiger partial charge is 0.480 e. The molecule has 0 spiro atoms. The highest BCUT2D eigenvalue weighted by Crippen LogP contribution is 2.44. The van der Waals surface area contributed by atoms with E-state index in [0.29, 0.717) is 0 Å². The summed E-state index contributed by atoms with van der Waals surface area (Å²) in [6, 6.07) is 14.5. The number of carbonyl (C=O) groups is 3. The van der Waals surface area contributed by atoms with E-state index in [1.165, 1.54) is 20.9 Å². The zero-order chi connectivity index (χ0) is 21.1. The van der Waals surface area contributed by atoms with E-state index < -0.39 is 30.2 Å². The van der Waals surface area contributed by atoms with Gasteiger partial charge in [-0.2, -0.15) is 0 Å². The first kappa shape index (κ1) is 20.4. The van der Waals surface area contributed by atoms with Crippen LogP contribution in [-0.2, 0) is 19.1 Å². The number of hydrogen-bond acceptors (Lipinski definition) is 5. The Kier molecular flexibility index (Phi) is 5.87. The fourth-order valence-corrected chi connectivity index (χ4v) is 3.82. The maximum Gasteiger partial charge on any atom is 0.410 e. The second-order valence-electron chi connectivity index (χ2n) is 7.01. The van der Waals surface area contributed by atoms with Gasteiger partial charge in [0, 0.05) is 19.9 Å². The topological polar surface area (TPSA) is 93.1 Å². The minimum atomic E-state index is -1.35. The van der Waals surface area contributed by atoms with E-state index in [4.69, 9.17) is 9.47 Å². The molecular weight excluding hydrogens is 374 g/mol. The Morgan fingerprint density at radius 3 is 2.03 bits per heavy atom. The van der Waals surface area contributed by atoms with Crippen molar-refractivity contribution in [3.63, 3.8) is 0 Å². The van der Waals surface area contributed by atoms with Crippen LogP contribution in [0.1, 0.15) is 30.9 Å². The van der Waals surface area contributed by atoms with Gasteiger partial charge in [0.2, 0.25) is 0 Å². The van der Waals surface area contributed by atoms with Crippen molar-refractivity contribution in [2.24, 2.45) is 0 Å². The zero-order valence-corrected chi connectivity index (χ0v) is 16.5. The number of likely N-dealkylation sites (N-methyl/N-ethyl adjacent to an activating group) is 1. The van der Waals surface area contributed by atoms with E-state index >= 15 is 0 Å². The van der Waals surface area contributed by atoms with Gasteiger partial charge < -0.3 is 14.6 Å². The molecule has 0 heterocycles. The molecule has 1 aliphatic rings. The van der Waals surface area contributed by atoms with E-state index in [2.05, 4.69) is 0 Å². The van der Waals surface area contributed by atoms with Crippen molar-refractivity contribution in [1.82, 2.24) is 4.90 Å². The summed E-state index contributed by atoms with van der Waals surface area (Å²) in [6.45, 7) is 2.68. The molecule has 0 aromatic heterocycles. The van der Waals surface area contributed by atoms with Gasteiger partial charge in [-0.15, -0.1) is 0 Å². The number of carboxylic acids is 1. The molecule has 3 rings (SSSR count). The van der Waals surface area contributed by atoms with Gasteiger partial charge >= 0.3 is 18.0 Å². The minimum absolute atomic E-state index is 0.0749. The van der Waals surface area contributed by atoms with Crippen LogP contribution in [0.4, 0.5) is 4.79 Å². The fraction of sp³-hybridized carbons (Fsp3) is 0.318. The van der Waals surface area contributed by atoms with Gasteiger partial charge in [-0.3, -0.25) is 9.69 Å². The summed E-state index contributed by atoms with van der Waals surface area (Å²) in [6.07, 6.45) is -1.81. The number of carboxylic acid groups (broad SMARTS) is 1. The standard InChI is InChI=1S/C22H23NO6/c1-13(29-14(2)24)20(21(25)26)23(3)22(27)28-12-19-17-10-6-4-8-15(17)16-9-5-7-11-18(16)19/h4-11,13,19-20H,12H2,1-3H3,(H,25,26)/t13-,20+/m1/s1. The number of benzene rings is 2. The van der Waals surface area contributed by atoms with Crippen LogP contribution in [0, 0.1) is 0 Å². The molecule has 7 nitrogen and oxygen atoms in total. The lowest BCUT2D eigenvalue weighted by Crippen LogP contribution is -2.50. The van der Waals surface area contributed by atoms with E-state index in [9.17, 15) is 19.5 Å². The number of nitrogens with zero attached hydrogens (tertiary/aromatic N) is 1. The van der Waals surface area contributed by atoms with E-state index in [0.717, 1.165) is 27.2 Å². The summed E-state index contributed by atoms with van der Waals surface area (Å²) < 4.78 is 10.4. The van der Waals surface area contributed by atoms with Gasteiger partial charge in [-0.1, -0.05) is 48.5 Å². The average molecular weight is 397 g/mol. The van der Waals surface area contributed by atoms with Crippen LogP contribution in [-0.4, -0.2) is 53.8 Å². The van der Waals surface area contributed by atoms with Gasteiger partial charge in [0.25, 0.3) is 0 Å². The third kappa shape index (κ3) is 4.08. The molecule has 152 valence electrons. The van der Waals surface area contributed by atoms with Crippen molar-refractivity contribution in [3.8, 4) is 11.1 Å². The lowest BCUT2D eigenvalue weighted by molar-refractivity contribution is -0.156. The predicted octanol–water partition coefficient (Wildman–Crippen LogP) is 3.27. The monoisotopic (exact) mass is 397 g/mol. The van der Waals surface area contributed by atoms with Crippen LogP contribution >= 0.6 is 0 Å². The molecule has 2 aromatic carbocycles. The first-order chi connectivity index (χ1) is 13.8. The average Bonchev–Trinajstić information content (AvgIpc) is 2.99. The summed E-state index contributed by atoms with van der Waals surface area (Å²) in [5, 5.41) is 9.48. The Labute approximate surface area is 168 Å². The van der Waals surface area contributed by atoms with Crippen LogP contribution < -0.4 is 0 Å². The molecule has 2 atom stereocenters. The van der Waals surface area contributed by atoms with Crippen molar-refractivity contribution in [2.45, 2.75) is 31.9 Å². The van der Waals surface area contributed by atoms with Gasteiger partial charge in [-0.25, -0.2) is 9.59 Å². The number of amides is 1. The number of ether oxygens (including phenoxy) is 2. The number of esters is 1. The van der Waals surface area contributed by atoms with Crippen molar-refractivity contribution in [2.75, 3.05) is 13.7 Å². The third-order valence-electron chi connectivity index (χ3n) is 5.09. The lowest BCUT2D eigenvalue weighted by Gasteiger charge is -2.28. The lowest BCUT2D eigenvalue weighted by atomic mass is 9.98. The summed E-state index contributed by atoms with van der Waals surface area (Å²) in [4.78, 5) is 36.3. The SMILES string of the molecule is CC(=O)O[C@H](C)[C@@H](C(=O)O)N(C)C(=O)OCC1c2ccccc2-c2ccccc21. The highest BCUT2D eigenvalue weighted by molar-refractivity contribution is 5.82. The molecule has 0 aliphatic heterocycles. The Bertz CT molecular complexity index is 895. The second kappa shape index (κ2) is 8.34. The first-order valence-electron chi connectivity index (χ1n) is 9.29. The van der Waals surface area contributed by atoms with Gasteiger partial charge in [-0.05, 0) is 29.2 Å². The molecule has 1 N–H and O–H groups in total. The normalized spacial score (nSPS) is 14.3. The van der Waals surface area contributed by atoms with Gasteiger partial charge in [0.05, 0.1) is 0 Å². The molecule has 0 bridgehead atoms. The summed E-state index contributed by atoms with van der Waals surface area (Å²) >= 11 is 0. The van der Waals surface area contributed by atoms with E-state index in [-0.39, 0.29) is 12.5 Å². The summed E-state index contributed by atoms with van der Waals surface area (Å²) in [5.41, 5.74) is 4.33. The molecule has 0 radical (unpaired) electrons. The van der Waals surface area contributed by atoms with Crippen molar-refractivity contribution in [1.29, 1.82) is 0 Å². The summed E-state index contributed by atoms with van der Waals surface area (Å²) in [5.74, 6) is -2.03. The van der Waals surface area contributed by atoms with Crippen LogP contribution in [0.3, 0.4) is 0 Å². The van der Waals surface area contributed by atoms with E-state index in [1.807, 2.05) is 48.5 Å². The third-order valence-corrected chi connectivity index (χ3v) is 5.09. The Balaban J connectivity index is 1.75. The van der Waals surface area contributed by atoms with Crippen LogP contribution in [0.5, 0.6) is 0 Å². The van der Waals surface area contributed by atoms with Crippen molar-refractivity contribution >= 4 is 18.0 Å².